The zero-order valence-electron chi connectivity index (χ0n) is 23.7. The van der Waals surface area contributed by atoms with Gasteiger partial charge in [0.05, 0.1) is 12.8 Å². The van der Waals surface area contributed by atoms with E-state index in [1.54, 1.807) is 12.0 Å². The smallest absolute Gasteiger partial charge is 0.413 e. The fourth-order valence-electron chi connectivity index (χ4n) is 5.05. The van der Waals surface area contributed by atoms with Crippen LogP contribution in [-0.4, -0.2) is 47.9 Å². The molecule has 0 spiro atoms. The highest BCUT2D eigenvalue weighted by Gasteiger charge is 2.32. The summed E-state index contributed by atoms with van der Waals surface area (Å²) >= 11 is 3.59. The largest absolute Gasteiger partial charge is 0.497 e. The number of carbonyl (C=O) groups excluding carboxylic acids is 2. The standard InChI is InChI=1S/C31H34BrN3O6/c1-31(2,3)41-30(37)35-13-5-6-20(16-35)23-15-26(33-28-25(23)18-40-29(36)34-28)24-14-21(32)9-12-27(24)39-17-19-7-10-22(38-4)11-8-19/h7-12,14-15,20H,5-6,13,16-18H2,1-4H3,(H,33,34,36). The molecule has 1 saturated heterocycles. The van der Waals surface area contributed by atoms with Gasteiger partial charge in [-0.1, -0.05) is 28.1 Å². The summed E-state index contributed by atoms with van der Waals surface area (Å²) in [5.41, 5.74) is 3.65. The number of anilines is 1. The average Bonchev–Trinajstić information content (AvgIpc) is 2.95. The lowest BCUT2D eigenvalue weighted by molar-refractivity contribution is 0.0198. The number of carbonyl (C=O) groups is 2. The highest BCUT2D eigenvalue weighted by Crippen LogP contribution is 2.40. The lowest BCUT2D eigenvalue weighted by Gasteiger charge is -2.35. The maximum Gasteiger partial charge on any atom is 0.413 e. The number of nitrogens with one attached hydrogen (secondary N) is 1. The number of hydrogen-bond acceptors (Lipinski definition) is 7. The van der Waals surface area contributed by atoms with Gasteiger partial charge in [0, 0.05) is 34.6 Å². The number of piperidine rings is 1. The van der Waals surface area contributed by atoms with Crippen LogP contribution < -0.4 is 14.8 Å². The van der Waals surface area contributed by atoms with Gasteiger partial charge in [-0.3, -0.25) is 5.32 Å². The number of fused-ring (bicyclic) bond motifs is 1. The summed E-state index contributed by atoms with van der Waals surface area (Å²) in [6, 6.07) is 15.5. The third-order valence-electron chi connectivity index (χ3n) is 7.01. The van der Waals surface area contributed by atoms with Crippen molar-refractivity contribution in [1.29, 1.82) is 0 Å². The summed E-state index contributed by atoms with van der Waals surface area (Å²) in [6.07, 6.45) is 0.840. The van der Waals surface area contributed by atoms with Crippen LogP contribution in [0.2, 0.25) is 0 Å². The second-order valence-electron chi connectivity index (χ2n) is 11.2. The number of benzene rings is 2. The monoisotopic (exact) mass is 623 g/mol. The molecular formula is C31H34BrN3O6. The quantitative estimate of drug-likeness (QED) is 0.308. The van der Waals surface area contributed by atoms with Crippen LogP contribution in [0.25, 0.3) is 11.3 Å². The van der Waals surface area contributed by atoms with Crippen molar-refractivity contribution in [3.63, 3.8) is 0 Å². The molecule has 0 aliphatic carbocycles. The maximum absolute atomic E-state index is 12.9. The average molecular weight is 625 g/mol. The molecule has 1 N–H and O–H groups in total. The summed E-state index contributed by atoms with van der Waals surface area (Å²) in [4.78, 5) is 31.7. The topological polar surface area (TPSA) is 99.2 Å². The lowest BCUT2D eigenvalue weighted by atomic mass is 9.87. The zero-order valence-corrected chi connectivity index (χ0v) is 25.2. The van der Waals surface area contributed by atoms with Crippen molar-refractivity contribution in [1.82, 2.24) is 9.88 Å². The Balaban J connectivity index is 1.48. The van der Waals surface area contributed by atoms with Gasteiger partial charge in [-0.05, 0) is 81.1 Å². The van der Waals surface area contributed by atoms with E-state index in [1.165, 1.54) is 0 Å². The van der Waals surface area contributed by atoms with E-state index in [9.17, 15) is 9.59 Å². The Bertz CT molecular complexity index is 1440. The molecule has 1 atom stereocenters. The van der Waals surface area contributed by atoms with Gasteiger partial charge in [0.25, 0.3) is 0 Å². The first-order valence-electron chi connectivity index (χ1n) is 13.6. The van der Waals surface area contributed by atoms with Crippen molar-refractivity contribution in [2.45, 2.75) is 58.3 Å². The van der Waals surface area contributed by atoms with E-state index >= 15 is 0 Å². The van der Waals surface area contributed by atoms with Crippen LogP contribution in [-0.2, 0) is 22.7 Å². The zero-order chi connectivity index (χ0) is 29.1. The molecule has 9 nitrogen and oxygen atoms in total. The first-order chi connectivity index (χ1) is 19.6. The fraction of sp³-hybridized carbons (Fsp3) is 0.387. The molecule has 216 valence electrons. The summed E-state index contributed by atoms with van der Waals surface area (Å²) in [6.45, 7) is 7.20. The Morgan fingerprint density at radius 3 is 2.68 bits per heavy atom. The van der Waals surface area contributed by atoms with Crippen LogP contribution in [0.15, 0.2) is 53.0 Å². The van der Waals surface area contributed by atoms with Crippen LogP contribution in [0.4, 0.5) is 15.4 Å². The van der Waals surface area contributed by atoms with Crippen LogP contribution in [0, 0.1) is 0 Å². The molecule has 0 radical (unpaired) electrons. The number of aromatic nitrogens is 1. The summed E-state index contributed by atoms with van der Waals surface area (Å²) < 4.78 is 23.4. The van der Waals surface area contributed by atoms with Gasteiger partial charge < -0.3 is 23.8 Å². The van der Waals surface area contributed by atoms with E-state index in [-0.39, 0.29) is 18.6 Å². The highest BCUT2D eigenvalue weighted by molar-refractivity contribution is 9.10. The molecule has 2 aliphatic heterocycles. The van der Waals surface area contributed by atoms with Crippen molar-refractivity contribution in [2.75, 3.05) is 25.5 Å². The number of cyclic esters (lactones) is 1. The number of likely N-dealkylation sites (tertiary alicyclic amines) is 1. The third kappa shape index (κ3) is 6.93. The second-order valence-corrected chi connectivity index (χ2v) is 12.1. The number of methoxy groups -OCH3 is 1. The number of pyridine rings is 1. The Labute approximate surface area is 248 Å². The number of amides is 2. The Hall–Kier alpha value is -3.79. The molecule has 41 heavy (non-hydrogen) atoms. The molecule has 2 aliphatic rings. The Kier molecular flexibility index (Phi) is 8.40. The fourth-order valence-corrected chi connectivity index (χ4v) is 5.41. The van der Waals surface area contributed by atoms with Gasteiger partial charge in [0.15, 0.2) is 0 Å². The molecule has 3 heterocycles. The minimum absolute atomic E-state index is 0.0150. The molecule has 0 saturated carbocycles. The molecule has 10 heteroatoms. The molecule has 2 amide bonds. The Morgan fingerprint density at radius 2 is 1.95 bits per heavy atom. The molecule has 1 aromatic heterocycles. The van der Waals surface area contributed by atoms with Gasteiger partial charge in [-0.2, -0.15) is 0 Å². The maximum atomic E-state index is 12.9. The first-order valence-corrected chi connectivity index (χ1v) is 14.4. The number of rotatable bonds is 6. The van der Waals surface area contributed by atoms with Crippen LogP contribution in [0.1, 0.15) is 56.2 Å². The number of halogens is 1. The molecule has 3 aromatic rings. The SMILES string of the molecule is COc1ccc(COc2ccc(Br)cc2-c2cc(C3CCCN(C(=O)OC(C)(C)C)C3)c3c(n2)NC(=O)OC3)cc1. The van der Waals surface area contributed by atoms with Crippen molar-refractivity contribution < 1.29 is 28.5 Å². The normalized spacial score (nSPS) is 16.8. The molecule has 0 bridgehead atoms. The van der Waals surface area contributed by atoms with Crippen LogP contribution in [0.5, 0.6) is 11.5 Å². The molecule has 1 fully saturated rings. The van der Waals surface area contributed by atoms with E-state index in [1.807, 2.05) is 69.3 Å². The van der Waals surface area contributed by atoms with E-state index < -0.39 is 11.7 Å². The molecule has 2 aromatic carbocycles. The van der Waals surface area contributed by atoms with Gasteiger partial charge in [-0.25, -0.2) is 14.6 Å². The molecule has 5 rings (SSSR count). The predicted octanol–water partition coefficient (Wildman–Crippen LogP) is 7.28. The van der Waals surface area contributed by atoms with Crippen LogP contribution >= 0.6 is 15.9 Å². The number of ether oxygens (including phenoxy) is 4. The minimum Gasteiger partial charge on any atom is -0.497 e. The van der Waals surface area contributed by atoms with Crippen molar-refractivity contribution >= 4 is 33.9 Å². The van der Waals surface area contributed by atoms with E-state index in [4.69, 9.17) is 23.9 Å². The minimum atomic E-state index is -0.575. The number of nitrogens with zero attached hydrogens (tertiary/aromatic N) is 2. The van der Waals surface area contributed by atoms with Crippen molar-refractivity contribution in [3.8, 4) is 22.8 Å². The second kappa shape index (κ2) is 12.0. The predicted molar refractivity (Wildman–Crippen MR) is 158 cm³/mol. The van der Waals surface area contributed by atoms with Gasteiger partial charge in [0.2, 0.25) is 0 Å². The van der Waals surface area contributed by atoms with E-state index in [0.29, 0.717) is 37.0 Å². The van der Waals surface area contributed by atoms with Gasteiger partial charge in [0.1, 0.15) is 36.1 Å². The summed E-state index contributed by atoms with van der Waals surface area (Å²) in [5.74, 6) is 1.91. The van der Waals surface area contributed by atoms with Gasteiger partial charge >= 0.3 is 12.2 Å². The van der Waals surface area contributed by atoms with E-state index in [2.05, 4.69) is 21.2 Å². The van der Waals surface area contributed by atoms with Crippen molar-refractivity contribution in [3.05, 3.63) is 69.7 Å². The summed E-state index contributed by atoms with van der Waals surface area (Å²) in [5, 5.41) is 2.78. The van der Waals surface area contributed by atoms with Crippen LogP contribution in [0.3, 0.4) is 0 Å². The van der Waals surface area contributed by atoms with E-state index in [0.717, 1.165) is 45.3 Å². The summed E-state index contributed by atoms with van der Waals surface area (Å²) in [7, 11) is 1.64. The molecule has 1 unspecified atom stereocenters. The third-order valence-corrected chi connectivity index (χ3v) is 7.50. The highest BCUT2D eigenvalue weighted by atomic mass is 79.9. The lowest BCUT2D eigenvalue weighted by Crippen LogP contribution is -2.42. The number of hydrogen-bond donors (Lipinski definition) is 1. The van der Waals surface area contributed by atoms with Crippen molar-refractivity contribution in [2.24, 2.45) is 0 Å². The Morgan fingerprint density at radius 1 is 1.17 bits per heavy atom. The first kappa shape index (κ1) is 28.7. The van der Waals surface area contributed by atoms with Gasteiger partial charge in [-0.15, -0.1) is 0 Å². The molecular weight excluding hydrogens is 590 g/mol.